The first-order chi connectivity index (χ1) is 14.1. The van der Waals surface area contributed by atoms with E-state index in [1.807, 2.05) is 22.1 Å². The summed E-state index contributed by atoms with van der Waals surface area (Å²) in [5.41, 5.74) is 1.22. The van der Waals surface area contributed by atoms with Crippen LogP contribution in [0.5, 0.6) is 0 Å². The Morgan fingerprint density at radius 1 is 1.31 bits per heavy atom. The Kier molecular flexibility index (Phi) is 6.06. The topological polar surface area (TPSA) is 96.1 Å². The first-order valence-corrected chi connectivity index (χ1v) is 11.5. The molecule has 3 aromatic heterocycles. The van der Waals surface area contributed by atoms with Crippen molar-refractivity contribution < 1.29 is 10.2 Å². The van der Waals surface area contributed by atoms with Gasteiger partial charge in [0.2, 0.25) is 0 Å². The van der Waals surface area contributed by atoms with Crippen molar-refractivity contribution >= 4 is 40.1 Å². The molecule has 4 rings (SSSR count). The third-order valence-corrected chi connectivity index (χ3v) is 6.98. The van der Waals surface area contributed by atoms with Gasteiger partial charge in [-0.2, -0.15) is 0 Å². The van der Waals surface area contributed by atoms with E-state index >= 15 is 0 Å². The molecule has 152 valence electrons. The number of hydrogen-bond donors (Lipinski definition) is 3. The largest absolute Gasteiger partial charge is 0.389 e. The maximum absolute atomic E-state index is 10.6. The van der Waals surface area contributed by atoms with Crippen LogP contribution in [0.15, 0.2) is 17.5 Å². The molecule has 0 spiro atoms. The fourth-order valence-electron chi connectivity index (χ4n) is 3.21. The third kappa shape index (κ3) is 3.85. The summed E-state index contributed by atoms with van der Waals surface area (Å²) in [4.78, 5) is 15.1. The van der Waals surface area contributed by atoms with Crippen molar-refractivity contribution in [3.8, 4) is 22.5 Å². The molecule has 9 heteroatoms. The number of thioether (sulfide) groups is 1. The van der Waals surface area contributed by atoms with E-state index in [4.69, 9.17) is 9.97 Å². The SMILES string of the molecule is CCCCC#Cc1nc2c(NC)nc(-c3cccs3)nc2n1[C@@H]1SC[C@@H](O)[C@H]1O. The molecular formula is C20H23N5O2S2. The van der Waals surface area contributed by atoms with Crippen LogP contribution in [-0.2, 0) is 0 Å². The zero-order valence-electron chi connectivity index (χ0n) is 16.3. The number of imidazole rings is 1. The quantitative estimate of drug-likeness (QED) is 0.424. The second-order valence-electron chi connectivity index (χ2n) is 6.79. The minimum Gasteiger partial charge on any atom is -0.389 e. The number of hydrogen-bond acceptors (Lipinski definition) is 8. The van der Waals surface area contributed by atoms with Crippen molar-refractivity contribution in [1.82, 2.24) is 19.5 Å². The monoisotopic (exact) mass is 429 g/mol. The summed E-state index contributed by atoms with van der Waals surface area (Å²) in [6, 6.07) is 3.93. The second kappa shape index (κ2) is 8.71. The van der Waals surface area contributed by atoms with Gasteiger partial charge in [-0.3, -0.25) is 4.57 Å². The fourth-order valence-corrected chi connectivity index (χ4v) is 5.19. The van der Waals surface area contributed by atoms with Crippen molar-refractivity contribution in [2.24, 2.45) is 0 Å². The Labute approximate surface area is 177 Å². The Morgan fingerprint density at radius 2 is 2.17 bits per heavy atom. The number of nitrogens with zero attached hydrogens (tertiary/aromatic N) is 4. The van der Waals surface area contributed by atoms with E-state index in [9.17, 15) is 10.2 Å². The van der Waals surface area contributed by atoms with Crippen LogP contribution in [0.4, 0.5) is 5.82 Å². The van der Waals surface area contributed by atoms with Gasteiger partial charge in [-0.25, -0.2) is 15.0 Å². The molecule has 0 radical (unpaired) electrons. The van der Waals surface area contributed by atoms with Gasteiger partial charge >= 0.3 is 0 Å². The molecule has 1 fully saturated rings. The van der Waals surface area contributed by atoms with Gasteiger partial charge in [0.15, 0.2) is 28.6 Å². The molecule has 1 saturated heterocycles. The van der Waals surface area contributed by atoms with E-state index in [-0.39, 0.29) is 0 Å². The molecule has 29 heavy (non-hydrogen) atoms. The van der Waals surface area contributed by atoms with Gasteiger partial charge in [0.25, 0.3) is 0 Å². The van der Waals surface area contributed by atoms with Crippen molar-refractivity contribution in [3.63, 3.8) is 0 Å². The van der Waals surface area contributed by atoms with Gasteiger partial charge in [-0.05, 0) is 23.8 Å². The molecule has 3 N–H and O–H groups in total. The van der Waals surface area contributed by atoms with E-state index in [0.29, 0.717) is 34.4 Å². The lowest BCUT2D eigenvalue weighted by Gasteiger charge is -2.18. The number of aromatic nitrogens is 4. The van der Waals surface area contributed by atoms with E-state index in [2.05, 4.69) is 29.1 Å². The maximum atomic E-state index is 10.6. The van der Waals surface area contributed by atoms with Gasteiger partial charge in [0.05, 0.1) is 11.0 Å². The Hall–Kier alpha value is -2.12. The number of thiophene rings is 1. The summed E-state index contributed by atoms with van der Waals surface area (Å²) < 4.78 is 1.86. The minimum absolute atomic E-state index is 0.402. The number of aliphatic hydroxyl groups is 2. The minimum atomic E-state index is -0.910. The van der Waals surface area contributed by atoms with E-state index in [1.54, 1.807) is 18.4 Å². The van der Waals surface area contributed by atoms with E-state index < -0.39 is 17.6 Å². The number of unbranched alkanes of at least 4 members (excludes halogenated alkanes) is 2. The van der Waals surface area contributed by atoms with Gasteiger partial charge < -0.3 is 15.5 Å². The number of aliphatic hydroxyl groups excluding tert-OH is 2. The third-order valence-electron chi connectivity index (χ3n) is 4.75. The van der Waals surface area contributed by atoms with Crippen LogP contribution in [0.1, 0.15) is 37.4 Å². The van der Waals surface area contributed by atoms with E-state index in [0.717, 1.165) is 24.1 Å². The lowest BCUT2D eigenvalue weighted by molar-refractivity contribution is 0.0312. The molecule has 0 aromatic carbocycles. The normalized spacial score (nSPS) is 21.3. The predicted octanol–water partition coefficient (Wildman–Crippen LogP) is 3.11. The number of anilines is 1. The average Bonchev–Trinajstić information content (AvgIpc) is 3.45. The second-order valence-corrected chi connectivity index (χ2v) is 8.89. The van der Waals surface area contributed by atoms with Crippen molar-refractivity contribution in [3.05, 3.63) is 23.3 Å². The van der Waals surface area contributed by atoms with Crippen LogP contribution in [0.3, 0.4) is 0 Å². The van der Waals surface area contributed by atoms with Crippen molar-refractivity contribution in [2.75, 3.05) is 18.1 Å². The molecule has 0 bridgehead atoms. The van der Waals surface area contributed by atoms with Crippen LogP contribution < -0.4 is 5.32 Å². The molecule has 7 nitrogen and oxygen atoms in total. The summed E-state index contributed by atoms with van der Waals surface area (Å²) in [6.07, 6.45) is 1.19. The summed E-state index contributed by atoms with van der Waals surface area (Å²) in [5.74, 6) is 8.55. The highest BCUT2D eigenvalue weighted by Crippen LogP contribution is 2.40. The maximum Gasteiger partial charge on any atom is 0.188 e. The summed E-state index contributed by atoms with van der Waals surface area (Å²) in [7, 11) is 1.80. The molecular weight excluding hydrogens is 406 g/mol. The molecule has 1 aliphatic heterocycles. The van der Waals surface area contributed by atoms with Crippen molar-refractivity contribution in [1.29, 1.82) is 0 Å². The lowest BCUT2D eigenvalue weighted by atomic mass is 10.2. The van der Waals surface area contributed by atoms with E-state index in [1.165, 1.54) is 11.8 Å². The highest BCUT2D eigenvalue weighted by molar-refractivity contribution is 7.99. The standard InChI is InChI=1S/C20H23N5O2S2/c1-3-4-5-6-9-14-22-15-18(21-2)23-17(13-8-7-10-28-13)24-19(15)25(14)20-16(27)12(26)11-29-20/h7-8,10,12,16,20,26-27H,3-5,11H2,1-2H3,(H,21,23,24)/t12-,16-,20-/m1/s1. The summed E-state index contributed by atoms with van der Waals surface area (Å²) >= 11 is 3.05. The molecule has 4 heterocycles. The Bertz CT molecular complexity index is 1050. The molecule has 0 amide bonds. The first kappa shape index (κ1) is 20.2. The number of fused-ring (bicyclic) bond motifs is 1. The number of nitrogens with one attached hydrogen (secondary N) is 1. The zero-order chi connectivity index (χ0) is 20.4. The first-order valence-electron chi connectivity index (χ1n) is 9.62. The van der Waals surface area contributed by atoms with Gasteiger partial charge in [0.1, 0.15) is 11.5 Å². The molecule has 0 saturated carbocycles. The van der Waals surface area contributed by atoms with Crippen LogP contribution in [0.2, 0.25) is 0 Å². The summed E-state index contributed by atoms with van der Waals surface area (Å²) in [5, 5.41) is 25.4. The highest BCUT2D eigenvalue weighted by Gasteiger charge is 2.38. The van der Waals surface area contributed by atoms with Crippen LogP contribution in [-0.4, -0.2) is 54.7 Å². The van der Waals surface area contributed by atoms with Gasteiger partial charge in [0, 0.05) is 19.2 Å². The zero-order valence-corrected chi connectivity index (χ0v) is 17.9. The van der Waals surface area contributed by atoms with Gasteiger partial charge in [-0.1, -0.05) is 25.3 Å². The highest BCUT2D eigenvalue weighted by atomic mass is 32.2. The van der Waals surface area contributed by atoms with Crippen LogP contribution >= 0.6 is 23.1 Å². The number of rotatable bonds is 5. The summed E-state index contributed by atoms with van der Waals surface area (Å²) in [6.45, 7) is 2.13. The van der Waals surface area contributed by atoms with Crippen LogP contribution in [0, 0.1) is 11.8 Å². The lowest BCUT2D eigenvalue weighted by Crippen LogP contribution is -2.28. The molecule has 0 aliphatic carbocycles. The smallest absolute Gasteiger partial charge is 0.188 e. The average molecular weight is 430 g/mol. The van der Waals surface area contributed by atoms with Crippen LogP contribution in [0.25, 0.3) is 21.9 Å². The molecule has 3 atom stereocenters. The molecule has 0 unspecified atom stereocenters. The predicted molar refractivity (Wildman–Crippen MR) is 118 cm³/mol. The van der Waals surface area contributed by atoms with Crippen molar-refractivity contribution in [2.45, 2.75) is 43.8 Å². The molecule has 1 aliphatic rings. The molecule has 3 aromatic rings. The fraction of sp³-hybridized carbons (Fsp3) is 0.450. The Balaban J connectivity index is 1.91. The van der Waals surface area contributed by atoms with Gasteiger partial charge in [-0.15, -0.1) is 23.1 Å². The Morgan fingerprint density at radius 3 is 2.83 bits per heavy atom.